The summed E-state index contributed by atoms with van der Waals surface area (Å²) < 4.78 is 33.6. The molecule has 13 nitrogen and oxygen atoms in total. The molecule has 326 valence electrons. The molecule has 4 aromatic carbocycles. The molecule has 0 amide bonds. The van der Waals surface area contributed by atoms with Crippen LogP contribution in [-0.4, -0.2) is 68.1 Å². The van der Waals surface area contributed by atoms with Crippen LogP contribution in [0.5, 0.6) is 17.2 Å². The highest BCUT2D eigenvalue weighted by Gasteiger charge is 2.13. The van der Waals surface area contributed by atoms with Crippen molar-refractivity contribution in [2.45, 2.75) is 57.8 Å². The summed E-state index contributed by atoms with van der Waals surface area (Å²) in [4.78, 5) is 51.5. The number of benzene rings is 4. The molecule has 0 fully saturated rings. The molecule has 0 bridgehead atoms. The van der Waals surface area contributed by atoms with Crippen LogP contribution in [0.4, 0.5) is 5.13 Å². The number of para-hydroxylation sites is 1. The lowest BCUT2D eigenvalue weighted by Gasteiger charge is -2.11. The largest absolute Gasteiger partial charge is 0.494 e. The molecule has 0 atom stereocenters. The number of esters is 4. The van der Waals surface area contributed by atoms with E-state index >= 15 is 0 Å². The minimum Gasteiger partial charge on any atom is -0.494 e. The molecular formula is C48H53N3O10S. The number of unbranched alkanes of at least 4 members (excludes halogenated alkanes) is 6. The van der Waals surface area contributed by atoms with Crippen molar-refractivity contribution in [3.63, 3.8) is 0 Å². The standard InChI is InChI=1S/C41H47NO10.C7H6N2S/c1-3-38(43)49-26-11-7-5-9-24-47-35-18-14-32(15-19-35)40(45)51-28-23-31-13-22-37(34(29-31)30-42)52-41(46)33-16-20-36(21-17-33)48-25-10-6-8-12-27-50-39(44)4-2;8-7-9-5-3-1-2-4-6(5)10-7/h3-4,13-22,29-30,42H,1-2,5-12,23-28H2;1-4H,(H2,8,9). The lowest BCUT2D eigenvalue weighted by atomic mass is 10.1. The number of anilines is 1. The zero-order valence-corrected chi connectivity index (χ0v) is 35.5. The van der Waals surface area contributed by atoms with Crippen molar-refractivity contribution in [3.05, 3.63) is 139 Å². The lowest BCUT2D eigenvalue weighted by molar-refractivity contribution is -0.138. The predicted octanol–water partition coefficient (Wildman–Crippen LogP) is 9.52. The molecule has 0 spiro atoms. The molecule has 5 aromatic rings. The van der Waals surface area contributed by atoms with E-state index in [0.717, 1.165) is 85.5 Å². The molecule has 1 heterocycles. The molecule has 0 aliphatic heterocycles. The average molecular weight is 864 g/mol. The summed E-state index contributed by atoms with van der Waals surface area (Å²) >= 11 is 1.52. The number of nitrogens with two attached hydrogens (primary N) is 1. The Labute approximate surface area is 366 Å². The summed E-state index contributed by atoms with van der Waals surface area (Å²) in [6.07, 6.45) is 10.8. The maximum absolute atomic E-state index is 12.8. The Morgan fingerprint density at radius 2 is 1.16 bits per heavy atom. The quantitative estimate of drug-likeness (QED) is 0.0142. The summed E-state index contributed by atoms with van der Waals surface area (Å²) in [5, 5.41) is 8.46. The number of nitrogens with zero attached hydrogens (tertiary/aromatic N) is 1. The molecule has 0 radical (unpaired) electrons. The van der Waals surface area contributed by atoms with Gasteiger partial charge in [-0.1, -0.05) is 42.7 Å². The van der Waals surface area contributed by atoms with Crippen molar-refractivity contribution in [1.29, 1.82) is 5.41 Å². The summed E-state index contributed by atoms with van der Waals surface area (Å²) in [6.45, 7) is 8.68. The van der Waals surface area contributed by atoms with Gasteiger partial charge in [0.25, 0.3) is 0 Å². The highest BCUT2D eigenvalue weighted by molar-refractivity contribution is 7.22. The number of aromatic nitrogens is 1. The second-order valence-electron chi connectivity index (χ2n) is 13.6. The molecule has 1 aromatic heterocycles. The topological polar surface area (TPSA) is 186 Å². The van der Waals surface area contributed by atoms with Gasteiger partial charge in [0.15, 0.2) is 5.13 Å². The number of fused-ring (bicyclic) bond motifs is 1. The first-order valence-corrected chi connectivity index (χ1v) is 21.2. The Kier molecular flexibility index (Phi) is 20.9. The molecule has 0 unspecified atom stereocenters. The van der Waals surface area contributed by atoms with Crippen LogP contribution in [0.1, 0.15) is 83.2 Å². The van der Waals surface area contributed by atoms with Crippen LogP contribution in [0.3, 0.4) is 0 Å². The van der Waals surface area contributed by atoms with E-state index in [1.807, 2.05) is 24.3 Å². The van der Waals surface area contributed by atoms with Crippen molar-refractivity contribution in [2.75, 3.05) is 38.8 Å². The van der Waals surface area contributed by atoms with E-state index in [-0.39, 0.29) is 12.4 Å². The summed E-state index contributed by atoms with van der Waals surface area (Å²) in [7, 11) is 0. The third-order valence-electron chi connectivity index (χ3n) is 8.98. The van der Waals surface area contributed by atoms with Gasteiger partial charge in [-0.25, -0.2) is 24.2 Å². The smallest absolute Gasteiger partial charge is 0.343 e. The zero-order chi connectivity index (χ0) is 44.4. The molecule has 0 saturated heterocycles. The molecule has 0 saturated carbocycles. The fourth-order valence-corrected chi connectivity index (χ4v) is 6.42. The average Bonchev–Trinajstić information content (AvgIpc) is 3.69. The first-order chi connectivity index (χ1) is 30.2. The van der Waals surface area contributed by atoms with Crippen LogP contribution in [0.25, 0.3) is 10.2 Å². The summed E-state index contributed by atoms with van der Waals surface area (Å²) in [6, 6.07) is 26.4. The number of hydrogen-bond acceptors (Lipinski definition) is 14. The van der Waals surface area contributed by atoms with Crippen LogP contribution < -0.4 is 19.9 Å². The SMILES string of the molecule is C=CC(=O)OCCCCCCOc1ccc(C(=O)OCCc2ccc(OC(=O)c3ccc(OCCCCCCOC(=O)C=C)cc3)c(C=N)c2)cc1.Nc1nc2ccccc2s1. The molecule has 0 aliphatic rings. The predicted molar refractivity (Wildman–Crippen MR) is 240 cm³/mol. The minimum absolute atomic E-state index is 0.127. The molecule has 3 N–H and O–H groups in total. The van der Waals surface area contributed by atoms with Gasteiger partial charge < -0.3 is 39.6 Å². The fourth-order valence-electron chi connectivity index (χ4n) is 5.69. The van der Waals surface area contributed by atoms with Crippen molar-refractivity contribution >= 4 is 56.8 Å². The number of ether oxygens (including phenoxy) is 6. The maximum atomic E-state index is 12.8. The first kappa shape index (κ1) is 47.9. The van der Waals surface area contributed by atoms with Gasteiger partial charge in [0.1, 0.15) is 17.2 Å². The minimum atomic E-state index is -0.564. The molecule has 0 aliphatic carbocycles. The Hall–Kier alpha value is -6.80. The van der Waals surface area contributed by atoms with Gasteiger partial charge in [-0.15, -0.1) is 0 Å². The number of hydrogen-bond donors (Lipinski definition) is 2. The Balaban J connectivity index is 0.000000729. The van der Waals surface area contributed by atoms with Gasteiger partial charge >= 0.3 is 23.9 Å². The van der Waals surface area contributed by atoms with Gasteiger partial charge in [-0.05, 0) is 130 Å². The second kappa shape index (κ2) is 27.1. The normalized spacial score (nSPS) is 10.4. The van der Waals surface area contributed by atoms with Crippen molar-refractivity contribution in [1.82, 2.24) is 4.98 Å². The van der Waals surface area contributed by atoms with Crippen molar-refractivity contribution in [2.24, 2.45) is 0 Å². The monoisotopic (exact) mass is 863 g/mol. The molecule has 5 rings (SSSR count). The lowest BCUT2D eigenvalue weighted by Crippen LogP contribution is -2.11. The summed E-state index contributed by atoms with van der Waals surface area (Å²) in [5.41, 5.74) is 8.46. The van der Waals surface area contributed by atoms with Crippen molar-refractivity contribution in [3.8, 4) is 17.2 Å². The molecular weight excluding hydrogens is 811 g/mol. The third kappa shape index (κ3) is 17.4. The van der Waals surface area contributed by atoms with E-state index in [2.05, 4.69) is 18.1 Å². The van der Waals surface area contributed by atoms with E-state index < -0.39 is 23.9 Å². The van der Waals surface area contributed by atoms with Gasteiger partial charge in [0.05, 0.1) is 54.4 Å². The number of carbonyl (C=O) groups is 4. The zero-order valence-electron chi connectivity index (χ0n) is 34.7. The van der Waals surface area contributed by atoms with Crippen molar-refractivity contribution < 1.29 is 47.6 Å². The van der Waals surface area contributed by atoms with E-state index in [1.54, 1.807) is 66.7 Å². The number of carbonyl (C=O) groups excluding carboxylic acids is 4. The highest BCUT2D eigenvalue weighted by Crippen LogP contribution is 2.23. The Morgan fingerprint density at radius 3 is 1.69 bits per heavy atom. The van der Waals surface area contributed by atoms with Crippen LogP contribution in [-0.2, 0) is 30.2 Å². The fraction of sp³-hybridized carbons (Fsp3) is 0.292. The van der Waals surface area contributed by atoms with Crippen LogP contribution in [0.2, 0.25) is 0 Å². The number of nitrogen functional groups attached to an aromatic ring is 1. The number of nitrogens with one attached hydrogen (secondary N) is 1. The van der Waals surface area contributed by atoms with E-state index in [1.165, 1.54) is 11.3 Å². The van der Waals surface area contributed by atoms with Crippen LogP contribution in [0, 0.1) is 5.41 Å². The van der Waals surface area contributed by atoms with Gasteiger partial charge in [0, 0.05) is 30.4 Å². The first-order valence-electron chi connectivity index (χ1n) is 20.4. The van der Waals surface area contributed by atoms with E-state index in [4.69, 9.17) is 39.6 Å². The van der Waals surface area contributed by atoms with Crippen LogP contribution >= 0.6 is 11.3 Å². The highest BCUT2D eigenvalue weighted by atomic mass is 32.1. The van der Waals surface area contributed by atoms with E-state index in [9.17, 15) is 19.2 Å². The van der Waals surface area contributed by atoms with Gasteiger partial charge in [-0.3, -0.25) is 0 Å². The second-order valence-corrected chi connectivity index (χ2v) is 14.7. The number of thiazole rings is 1. The van der Waals surface area contributed by atoms with E-state index in [0.29, 0.717) is 66.2 Å². The van der Waals surface area contributed by atoms with Crippen LogP contribution in [0.15, 0.2) is 116 Å². The Bertz CT molecular complexity index is 2190. The molecule has 62 heavy (non-hydrogen) atoms. The maximum Gasteiger partial charge on any atom is 0.343 e. The summed E-state index contributed by atoms with van der Waals surface area (Å²) in [5.74, 6) is -0.307. The van der Waals surface area contributed by atoms with Gasteiger partial charge in [-0.2, -0.15) is 0 Å². The molecule has 14 heteroatoms. The number of rotatable bonds is 25. The van der Waals surface area contributed by atoms with Gasteiger partial charge in [0.2, 0.25) is 0 Å². The third-order valence-corrected chi connectivity index (χ3v) is 9.85. The Morgan fingerprint density at radius 1 is 0.629 bits per heavy atom.